The Kier molecular flexibility index (Phi) is 7.25. The standard InChI is InChI=1S/C27H26N4O6P2/c32-38(25(21-9-1-5-13-28-21)22-10-2-6-14-29-22)34-17-27(18-35-38)19-36-39(33,37-20-27)26(23-11-3-7-15-30-23)24-12-4-8-16-31-24/h1-16,25-26H,17-20H2. The summed E-state index contributed by atoms with van der Waals surface area (Å²) in [4.78, 5) is 17.6. The molecule has 0 aliphatic carbocycles. The third kappa shape index (κ3) is 5.24. The van der Waals surface area contributed by atoms with E-state index >= 15 is 0 Å². The van der Waals surface area contributed by atoms with E-state index in [2.05, 4.69) is 19.9 Å². The Labute approximate surface area is 225 Å². The maximum atomic E-state index is 14.1. The number of hydrogen-bond donors (Lipinski definition) is 0. The molecule has 0 unspecified atom stereocenters. The van der Waals surface area contributed by atoms with Crippen LogP contribution in [-0.4, -0.2) is 46.4 Å². The van der Waals surface area contributed by atoms with Crippen LogP contribution in [0.15, 0.2) is 97.6 Å². The first-order valence-electron chi connectivity index (χ1n) is 12.4. The van der Waals surface area contributed by atoms with Gasteiger partial charge in [-0.15, -0.1) is 0 Å². The molecule has 6 rings (SSSR count). The van der Waals surface area contributed by atoms with E-state index in [1.165, 1.54) is 0 Å². The summed E-state index contributed by atoms with van der Waals surface area (Å²) in [6, 6.07) is 21.5. The minimum atomic E-state index is -3.73. The third-order valence-electron chi connectivity index (χ3n) is 6.71. The van der Waals surface area contributed by atoms with Crippen LogP contribution in [0.25, 0.3) is 0 Å². The summed E-state index contributed by atoms with van der Waals surface area (Å²) in [5.74, 6) is 0. The Morgan fingerprint density at radius 1 is 0.513 bits per heavy atom. The van der Waals surface area contributed by atoms with Crippen molar-refractivity contribution < 1.29 is 27.2 Å². The Bertz CT molecular complexity index is 1280. The van der Waals surface area contributed by atoms with Crippen molar-refractivity contribution in [2.75, 3.05) is 26.4 Å². The van der Waals surface area contributed by atoms with E-state index in [-0.39, 0.29) is 26.4 Å². The van der Waals surface area contributed by atoms with E-state index in [4.69, 9.17) is 18.1 Å². The molecule has 12 heteroatoms. The largest absolute Gasteiger partial charge is 0.345 e. The average molecular weight is 564 g/mol. The summed E-state index contributed by atoms with van der Waals surface area (Å²) in [6.45, 7) is 0.104. The van der Waals surface area contributed by atoms with Crippen LogP contribution in [0.1, 0.15) is 34.1 Å². The highest BCUT2D eigenvalue weighted by Gasteiger charge is 2.54. The van der Waals surface area contributed by atoms with Crippen molar-refractivity contribution in [3.8, 4) is 0 Å². The first kappa shape index (κ1) is 26.1. The monoisotopic (exact) mass is 564 g/mol. The summed E-state index contributed by atoms with van der Waals surface area (Å²) in [5, 5.41) is 0. The van der Waals surface area contributed by atoms with Gasteiger partial charge in [-0.2, -0.15) is 0 Å². The molecule has 4 aromatic rings. The fourth-order valence-electron chi connectivity index (χ4n) is 4.63. The molecule has 0 N–H and O–H groups in total. The van der Waals surface area contributed by atoms with Gasteiger partial charge in [0.1, 0.15) is 11.3 Å². The molecular formula is C27H26N4O6P2. The maximum absolute atomic E-state index is 14.1. The topological polar surface area (TPSA) is 123 Å². The highest BCUT2D eigenvalue weighted by molar-refractivity contribution is 7.55. The lowest BCUT2D eigenvalue weighted by molar-refractivity contribution is -0.0704. The van der Waals surface area contributed by atoms with Gasteiger partial charge in [-0.25, -0.2) is 0 Å². The summed E-state index contributed by atoms with van der Waals surface area (Å²) in [5.41, 5.74) is -0.263. The Balaban J connectivity index is 1.22. The zero-order valence-electron chi connectivity index (χ0n) is 20.9. The van der Waals surface area contributed by atoms with E-state index in [1.807, 2.05) is 24.3 Å². The first-order valence-corrected chi connectivity index (χ1v) is 15.6. The number of pyridine rings is 4. The number of rotatable bonds is 6. The van der Waals surface area contributed by atoms with Gasteiger partial charge in [0, 0.05) is 24.8 Å². The molecule has 2 saturated heterocycles. The van der Waals surface area contributed by atoms with E-state index in [1.54, 1.807) is 73.3 Å². The van der Waals surface area contributed by atoms with Crippen molar-refractivity contribution in [3.63, 3.8) is 0 Å². The quantitative estimate of drug-likeness (QED) is 0.273. The molecule has 0 radical (unpaired) electrons. The van der Waals surface area contributed by atoms with E-state index in [9.17, 15) is 9.13 Å². The van der Waals surface area contributed by atoms with Gasteiger partial charge in [-0.1, -0.05) is 24.3 Å². The fourth-order valence-corrected chi connectivity index (χ4v) is 9.10. The zero-order chi connectivity index (χ0) is 26.8. The van der Waals surface area contributed by atoms with Gasteiger partial charge in [-0.05, 0) is 48.5 Å². The van der Waals surface area contributed by atoms with Gasteiger partial charge < -0.3 is 18.1 Å². The van der Waals surface area contributed by atoms with E-state index < -0.39 is 31.9 Å². The van der Waals surface area contributed by atoms with Crippen molar-refractivity contribution in [1.29, 1.82) is 0 Å². The molecule has 200 valence electrons. The molecule has 2 fully saturated rings. The SMILES string of the molecule is O=P1(C(c2ccccn2)c2ccccn2)OCC2(CO1)COP(=O)(C(c1ccccn1)c1ccccn1)OC2. The Morgan fingerprint density at radius 2 is 0.795 bits per heavy atom. The van der Waals surface area contributed by atoms with Crippen LogP contribution < -0.4 is 0 Å². The van der Waals surface area contributed by atoms with Crippen molar-refractivity contribution in [3.05, 3.63) is 120 Å². The normalized spacial score (nSPS) is 27.1. The molecule has 0 bridgehead atoms. The van der Waals surface area contributed by atoms with Gasteiger partial charge in [0.2, 0.25) is 0 Å². The molecular weight excluding hydrogens is 538 g/mol. The highest BCUT2D eigenvalue weighted by atomic mass is 31.2. The summed E-state index contributed by atoms with van der Waals surface area (Å²) < 4.78 is 52.2. The van der Waals surface area contributed by atoms with Crippen LogP contribution in [0.4, 0.5) is 0 Å². The Morgan fingerprint density at radius 3 is 1.03 bits per heavy atom. The van der Waals surface area contributed by atoms with Crippen LogP contribution in [0.5, 0.6) is 0 Å². The maximum Gasteiger partial charge on any atom is 0.345 e. The molecule has 4 aromatic heterocycles. The molecule has 0 atom stereocenters. The smallest absolute Gasteiger partial charge is 0.307 e. The van der Waals surface area contributed by atoms with E-state index in [0.29, 0.717) is 22.8 Å². The number of hydrogen-bond acceptors (Lipinski definition) is 10. The van der Waals surface area contributed by atoms with Crippen molar-refractivity contribution in [2.45, 2.75) is 11.3 Å². The number of nitrogens with zero attached hydrogens (tertiary/aromatic N) is 4. The molecule has 6 heterocycles. The molecule has 2 aliphatic heterocycles. The van der Waals surface area contributed by atoms with Gasteiger partial charge >= 0.3 is 15.2 Å². The predicted octanol–water partition coefficient (Wildman–Crippen LogP) is 5.61. The second-order valence-corrected chi connectivity index (χ2v) is 13.7. The molecule has 0 aromatic carbocycles. The molecule has 1 spiro atoms. The predicted molar refractivity (Wildman–Crippen MR) is 142 cm³/mol. The molecule has 2 aliphatic rings. The van der Waals surface area contributed by atoms with Crippen molar-refractivity contribution >= 4 is 15.2 Å². The van der Waals surface area contributed by atoms with Crippen LogP contribution in [0, 0.1) is 5.41 Å². The highest BCUT2D eigenvalue weighted by Crippen LogP contribution is 2.69. The first-order chi connectivity index (χ1) is 19.0. The second kappa shape index (κ2) is 10.8. The fraction of sp³-hybridized carbons (Fsp3) is 0.259. The minimum Gasteiger partial charge on any atom is -0.307 e. The Hall–Kier alpha value is -3.10. The van der Waals surface area contributed by atoms with E-state index in [0.717, 1.165) is 0 Å². The van der Waals surface area contributed by atoms with Gasteiger partial charge in [0.15, 0.2) is 0 Å². The van der Waals surface area contributed by atoms with Crippen molar-refractivity contribution in [2.24, 2.45) is 5.41 Å². The summed E-state index contributed by atoms with van der Waals surface area (Å²) >= 11 is 0. The van der Waals surface area contributed by atoms with Gasteiger partial charge in [-0.3, -0.25) is 29.1 Å². The minimum absolute atomic E-state index is 0.0261. The van der Waals surface area contributed by atoms with Crippen LogP contribution in [-0.2, 0) is 27.2 Å². The lowest BCUT2D eigenvalue weighted by Crippen LogP contribution is -2.46. The number of aromatic nitrogens is 4. The van der Waals surface area contributed by atoms with Crippen LogP contribution >= 0.6 is 15.2 Å². The second-order valence-electron chi connectivity index (χ2n) is 9.50. The van der Waals surface area contributed by atoms with Crippen LogP contribution in [0.3, 0.4) is 0 Å². The molecule has 0 amide bonds. The average Bonchev–Trinajstić information content (AvgIpc) is 2.99. The van der Waals surface area contributed by atoms with Gasteiger partial charge in [0.25, 0.3) is 0 Å². The summed E-state index contributed by atoms with van der Waals surface area (Å²) in [6.07, 6.45) is 6.51. The molecule has 39 heavy (non-hydrogen) atoms. The van der Waals surface area contributed by atoms with Crippen molar-refractivity contribution in [1.82, 2.24) is 19.9 Å². The lowest BCUT2D eigenvalue weighted by atomic mass is 9.93. The summed E-state index contributed by atoms with van der Waals surface area (Å²) in [7, 11) is -7.46. The molecule has 0 saturated carbocycles. The zero-order valence-corrected chi connectivity index (χ0v) is 22.6. The van der Waals surface area contributed by atoms with Crippen LogP contribution in [0.2, 0.25) is 0 Å². The molecule has 10 nitrogen and oxygen atoms in total. The lowest BCUT2D eigenvalue weighted by Gasteiger charge is -2.45. The third-order valence-corrected chi connectivity index (χ3v) is 11.0. The van der Waals surface area contributed by atoms with Gasteiger partial charge in [0.05, 0.1) is 54.6 Å².